The molecule has 0 saturated heterocycles. The van der Waals surface area contributed by atoms with Gasteiger partial charge in [0.2, 0.25) is 0 Å². The van der Waals surface area contributed by atoms with E-state index in [2.05, 4.69) is 10.1 Å². The summed E-state index contributed by atoms with van der Waals surface area (Å²) < 4.78 is 1.54. The van der Waals surface area contributed by atoms with Gasteiger partial charge in [0.15, 0.2) is 5.65 Å². The maximum atomic E-state index is 8.87. The van der Waals surface area contributed by atoms with Crippen molar-refractivity contribution in [1.29, 1.82) is 0 Å². The van der Waals surface area contributed by atoms with Crippen molar-refractivity contribution in [3.63, 3.8) is 0 Å². The number of anilines is 1. The standard InChI is InChI=1S/C7H8N4O/c8-6-2-9-7-5(4-12)1-10-11(7)3-6/h1-3,12H,4,8H2. The van der Waals surface area contributed by atoms with Crippen LogP contribution in [-0.2, 0) is 6.61 Å². The summed E-state index contributed by atoms with van der Waals surface area (Å²) in [6.07, 6.45) is 4.76. The van der Waals surface area contributed by atoms with Crippen LogP contribution in [0, 0.1) is 0 Å². The molecule has 0 aliphatic carbocycles. The topological polar surface area (TPSA) is 76.4 Å². The Hall–Kier alpha value is -1.62. The van der Waals surface area contributed by atoms with Crippen molar-refractivity contribution >= 4 is 11.3 Å². The summed E-state index contributed by atoms with van der Waals surface area (Å²) in [5.74, 6) is 0. The molecule has 5 nitrogen and oxygen atoms in total. The molecule has 0 aliphatic rings. The highest BCUT2D eigenvalue weighted by Gasteiger charge is 2.02. The largest absolute Gasteiger partial charge is 0.396 e. The lowest BCUT2D eigenvalue weighted by Gasteiger charge is -1.94. The first-order chi connectivity index (χ1) is 5.81. The molecule has 2 aromatic rings. The van der Waals surface area contributed by atoms with E-state index in [-0.39, 0.29) is 6.61 Å². The molecule has 0 aliphatic heterocycles. The number of fused-ring (bicyclic) bond motifs is 1. The highest BCUT2D eigenvalue weighted by Crippen LogP contribution is 2.08. The Bertz CT molecular complexity index is 409. The quantitative estimate of drug-likeness (QED) is 0.612. The molecule has 0 unspecified atom stereocenters. The van der Waals surface area contributed by atoms with Crippen LogP contribution in [0.3, 0.4) is 0 Å². The Morgan fingerprint density at radius 2 is 2.33 bits per heavy atom. The molecule has 2 heterocycles. The Kier molecular flexibility index (Phi) is 1.44. The summed E-state index contributed by atoms with van der Waals surface area (Å²) >= 11 is 0. The van der Waals surface area contributed by atoms with Crippen molar-refractivity contribution in [2.24, 2.45) is 0 Å². The lowest BCUT2D eigenvalue weighted by atomic mass is 10.4. The van der Waals surface area contributed by atoms with Crippen LogP contribution in [0.1, 0.15) is 5.56 Å². The number of nitrogen functional groups attached to an aromatic ring is 1. The van der Waals surface area contributed by atoms with E-state index in [1.807, 2.05) is 0 Å². The van der Waals surface area contributed by atoms with E-state index in [0.29, 0.717) is 16.9 Å². The summed E-state index contributed by atoms with van der Waals surface area (Å²) in [5.41, 5.74) is 7.39. The minimum atomic E-state index is -0.0551. The van der Waals surface area contributed by atoms with Crippen molar-refractivity contribution < 1.29 is 5.11 Å². The van der Waals surface area contributed by atoms with E-state index >= 15 is 0 Å². The Labute approximate surface area is 68.5 Å². The van der Waals surface area contributed by atoms with Gasteiger partial charge in [-0.3, -0.25) is 0 Å². The number of nitrogens with zero attached hydrogens (tertiary/aromatic N) is 3. The zero-order valence-corrected chi connectivity index (χ0v) is 6.31. The van der Waals surface area contributed by atoms with Crippen molar-refractivity contribution in [2.45, 2.75) is 6.61 Å². The molecule has 12 heavy (non-hydrogen) atoms. The van der Waals surface area contributed by atoms with Crippen molar-refractivity contribution in [1.82, 2.24) is 14.6 Å². The van der Waals surface area contributed by atoms with E-state index in [4.69, 9.17) is 10.8 Å². The minimum Gasteiger partial charge on any atom is -0.396 e. The molecule has 0 bridgehead atoms. The highest BCUT2D eigenvalue weighted by molar-refractivity contribution is 5.48. The average Bonchev–Trinajstić information content (AvgIpc) is 2.46. The molecule has 0 saturated carbocycles. The molecule has 0 spiro atoms. The van der Waals surface area contributed by atoms with E-state index < -0.39 is 0 Å². The van der Waals surface area contributed by atoms with Gasteiger partial charge in [-0.2, -0.15) is 5.10 Å². The molecule has 62 valence electrons. The van der Waals surface area contributed by atoms with Crippen LogP contribution in [0.15, 0.2) is 18.6 Å². The molecular formula is C7H8N4O. The van der Waals surface area contributed by atoms with Crippen molar-refractivity contribution in [3.8, 4) is 0 Å². The fourth-order valence-corrected chi connectivity index (χ4v) is 1.05. The van der Waals surface area contributed by atoms with Crippen molar-refractivity contribution in [2.75, 3.05) is 5.73 Å². The first-order valence-electron chi connectivity index (χ1n) is 3.50. The second-order valence-electron chi connectivity index (χ2n) is 2.48. The molecule has 5 heteroatoms. The Balaban J connectivity index is 2.73. The summed E-state index contributed by atoms with van der Waals surface area (Å²) in [6, 6.07) is 0. The normalized spacial score (nSPS) is 10.8. The van der Waals surface area contributed by atoms with Crippen LogP contribution in [0.25, 0.3) is 5.65 Å². The molecule has 0 atom stereocenters. The fraction of sp³-hybridized carbons (Fsp3) is 0.143. The van der Waals surface area contributed by atoms with E-state index in [0.717, 1.165) is 0 Å². The number of aromatic nitrogens is 3. The third-order valence-corrected chi connectivity index (χ3v) is 1.62. The molecule has 3 N–H and O–H groups in total. The van der Waals surface area contributed by atoms with Gasteiger partial charge in [0.1, 0.15) is 0 Å². The van der Waals surface area contributed by atoms with Crippen LogP contribution in [-0.4, -0.2) is 19.7 Å². The van der Waals surface area contributed by atoms with Crippen molar-refractivity contribution in [3.05, 3.63) is 24.2 Å². The van der Waals surface area contributed by atoms with Gasteiger partial charge in [0.25, 0.3) is 0 Å². The number of aliphatic hydroxyl groups excluding tert-OH is 1. The highest BCUT2D eigenvalue weighted by atomic mass is 16.3. The van der Waals surface area contributed by atoms with Gasteiger partial charge in [-0.15, -0.1) is 0 Å². The van der Waals surface area contributed by atoms with Crippen LogP contribution < -0.4 is 5.73 Å². The number of nitrogens with two attached hydrogens (primary N) is 1. The number of hydrogen-bond donors (Lipinski definition) is 2. The van der Waals surface area contributed by atoms with Crippen LogP contribution in [0.4, 0.5) is 5.69 Å². The Morgan fingerprint density at radius 1 is 1.50 bits per heavy atom. The van der Waals surface area contributed by atoms with Gasteiger partial charge in [0, 0.05) is 5.56 Å². The lowest BCUT2D eigenvalue weighted by molar-refractivity contribution is 0.283. The first kappa shape index (κ1) is 7.05. The number of hydrogen-bond acceptors (Lipinski definition) is 4. The van der Waals surface area contributed by atoms with Gasteiger partial charge in [0.05, 0.1) is 30.9 Å². The van der Waals surface area contributed by atoms with Gasteiger partial charge in [-0.05, 0) is 0 Å². The zero-order chi connectivity index (χ0) is 8.55. The molecule has 2 aromatic heterocycles. The van der Waals surface area contributed by atoms with Crippen LogP contribution in [0.2, 0.25) is 0 Å². The summed E-state index contributed by atoms with van der Waals surface area (Å²) in [7, 11) is 0. The van der Waals surface area contributed by atoms with Gasteiger partial charge in [-0.1, -0.05) is 0 Å². The van der Waals surface area contributed by atoms with E-state index in [9.17, 15) is 0 Å². The first-order valence-corrected chi connectivity index (χ1v) is 3.50. The predicted molar refractivity (Wildman–Crippen MR) is 43.3 cm³/mol. The number of rotatable bonds is 1. The third kappa shape index (κ3) is 0.911. The maximum absolute atomic E-state index is 8.87. The zero-order valence-electron chi connectivity index (χ0n) is 6.31. The van der Waals surface area contributed by atoms with E-state index in [1.54, 1.807) is 16.9 Å². The second-order valence-corrected chi connectivity index (χ2v) is 2.48. The summed E-state index contributed by atoms with van der Waals surface area (Å²) in [6.45, 7) is -0.0551. The minimum absolute atomic E-state index is 0.0551. The molecule has 0 fully saturated rings. The molecule has 2 rings (SSSR count). The smallest absolute Gasteiger partial charge is 0.160 e. The second kappa shape index (κ2) is 2.46. The Morgan fingerprint density at radius 3 is 3.08 bits per heavy atom. The predicted octanol–water partition coefficient (Wildman–Crippen LogP) is -0.196. The lowest BCUT2D eigenvalue weighted by Crippen LogP contribution is -1.95. The van der Waals surface area contributed by atoms with Crippen LogP contribution >= 0.6 is 0 Å². The average molecular weight is 164 g/mol. The number of aliphatic hydroxyl groups is 1. The SMILES string of the molecule is Nc1cnc2c(CO)cnn2c1. The summed E-state index contributed by atoms with van der Waals surface area (Å²) in [5, 5.41) is 12.8. The van der Waals surface area contributed by atoms with Crippen LogP contribution in [0.5, 0.6) is 0 Å². The third-order valence-electron chi connectivity index (χ3n) is 1.62. The molecule has 0 amide bonds. The summed E-state index contributed by atoms with van der Waals surface area (Å²) in [4.78, 5) is 4.03. The monoisotopic (exact) mass is 164 g/mol. The maximum Gasteiger partial charge on any atom is 0.160 e. The molecular weight excluding hydrogens is 156 g/mol. The van der Waals surface area contributed by atoms with Gasteiger partial charge >= 0.3 is 0 Å². The fourth-order valence-electron chi connectivity index (χ4n) is 1.05. The van der Waals surface area contributed by atoms with E-state index in [1.165, 1.54) is 6.20 Å². The van der Waals surface area contributed by atoms with Gasteiger partial charge in [-0.25, -0.2) is 9.50 Å². The van der Waals surface area contributed by atoms with Gasteiger partial charge < -0.3 is 10.8 Å². The molecule has 0 radical (unpaired) electrons. The molecule has 0 aromatic carbocycles.